The highest BCUT2D eigenvalue weighted by atomic mass is 15.4. The van der Waals surface area contributed by atoms with Crippen molar-refractivity contribution < 1.29 is 0 Å². The molecule has 1 aliphatic rings. The van der Waals surface area contributed by atoms with Crippen LogP contribution in [0.1, 0.15) is 12.8 Å². The fraction of sp³-hybridized carbons (Fsp3) is 0.636. The van der Waals surface area contributed by atoms with Gasteiger partial charge in [-0.25, -0.2) is 0 Å². The molecule has 19 heavy (non-hydrogen) atoms. The summed E-state index contributed by atoms with van der Waals surface area (Å²) in [5, 5.41) is 20.7. The number of aromatic nitrogens is 6. The van der Waals surface area contributed by atoms with Crippen molar-refractivity contribution in [1.29, 1.82) is 0 Å². The lowest BCUT2D eigenvalue weighted by Gasteiger charge is -2.30. The van der Waals surface area contributed by atoms with Crippen LogP contribution in [0.25, 0.3) is 11.5 Å². The van der Waals surface area contributed by atoms with Gasteiger partial charge in [-0.05, 0) is 32.4 Å². The SMILES string of the molecule is CNCC1CCN(c2n[nH]c(-c3cn[nH]n3)n2)CC1. The van der Waals surface area contributed by atoms with E-state index in [0.717, 1.165) is 31.5 Å². The third-order valence-electron chi connectivity index (χ3n) is 3.52. The number of nitrogens with zero attached hydrogens (tertiary/aromatic N) is 5. The monoisotopic (exact) mass is 262 g/mol. The van der Waals surface area contributed by atoms with Crippen LogP contribution in [0, 0.1) is 5.92 Å². The van der Waals surface area contributed by atoms with E-state index < -0.39 is 0 Å². The molecule has 2 aromatic heterocycles. The summed E-state index contributed by atoms with van der Waals surface area (Å²) in [6, 6.07) is 0. The highest BCUT2D eigenvalue weighted by Gasteiger charge is 2.21. The Morgan fingerprint density at radius 1 is 1.37 bits per heavy atom. The maximum absolute atomic E-state index is 4.47. The van der Waals surface area contributed by atoms with Crippen molar-refractivity contribution in [2.75, 3.05) is 31.6 Å². The molecule has 0 radical (unpaired) electrons. The highest BCUT2D eigenvalue weighted by molar-refractivity contribution is 5.49. The van der Waals surface area contributed by atoms with Crippen molar-refractivity contribution in [3.05, 3.63) is 6.20 Å². The summed E-state index contributed by atoms with van der Waals surface area (Å²) in [7, 11) is 2.01. The van der Waals surface area contributed by atoms with E-state index in [4.69, 9.17) is 0 Å². The van der Waals surface area contributed by atoms with Crippen molar-refractivity contribution >= 4 is 5.95 Å². The first-order valence-corrected chi connectivity index (χ1v) is 6.55. The van der Waals surface area contributed by atoms with Gasteiger partial charge in [0.15, 0.2) is 5.82 Å². The van der Waals surface area contributed by atoms with Crippen molar-refractivity contribution in [3.8, 4) is 11.5 Å². The van der Waals surface area contributed by atoms with Crippen LogP contribution < -0.4 is 10.2 Å². The molecule has 0 spiro atoms. The topological polar surface area (TPSA) is 98.4 Å². The Labute approximate surface area is 111 Å². The summed E-state index contributed by atoms with van der Waals surface area (Å²) in [5.74, 6) is 2.16. The van der Waals surface area contributed by atoms with Gasteiger partial charge in [-0.1, -0.05) is 0 Å². The Kier molecular flexibility index (Phi) is 3.41. The smallest absolute Gasteiger partial charge is 0.245 e. The minimum absolute atomic E-state index is 0.654. The van der Waals surface area contributed by atoms with Crippen LogP contribution in [0.2, 0.25) is 0 Å². The second kappa shape index (κ2) is 5.35. The van der Waals surface area contributed by atoms with E-state index in [1.54, 1.807) is 6.20 Å². The van der Waals surface area contributed by atoms with Crippen LogP contribution in [0.15, 0.2) is 6.20 Å². The standard InChI is InChI=1S/C11H18N8/c1-12-6-8-2-4-19(5-3-8)11-14-10(16-17-11)9-7-13-18-15-9/h7-8,12H,2-6H2,1H3,(H,13,15,18)(H,14,16,17). The first kappa shape index (κ1) is 12.1. The summed E-state index contributed by atoms with van der Waals surface area (Å²) in [5.41, 5.74) is 0.684. The maximum Gasteiger partial charge on any atom is 0.245 e. The molecular formula is C11H18N8. The van der Waals surface area contributed by atoms with Crippen LogP contribution in [0.3, 0.4) is 0 Å². The number of anilines is 1. The molecule has 0 atom stereocenters. The van der Waals surface area contributed by atoms with Crippen molar-refractivity contribution in [1.82, 2.24) is 35.9 Å². The van der Waals surface area contributed by atoms with Crippen molar-refractivity contribution in [2.45, 2.75) is 12.8 Å². The second-order valence-corrected chi connectivity index (χ2v) is 4.83. The van der Waals surface area contributed by atoms with Gasteiger partial charge in [0.1, 0.15) is 5.69 Å². The minimum Gasteiger partial charge on any atom is -0.340 e. The molecule has 0 aromatic carbocycles. The summed E-state index contributed by atoms with van der Waals surface area (Å²) in [4.78, 5) is 6.68. The average molecular weight is 262 g/mol. The summed E-state index contributed by atoms with van der Waals surface area (Å²) in [6.45, 7) is 3.09. The Balaban J connectivity index is 1.64. The van der Waals surface area contributed by atoms with Crippen LogP contribution in [0.5, 0.6) is 0 Å². The van der Waals surface area contributed by atoms with Crippen molar-refractivity contribution in [3.63, 3.8) is 0 Å². The zero-order valence-electron chi connectivity index (χ0n) is 10.9. The zero-order valence-corrected chi connectivity index (χ0v) is 10.9. The fourth-order valence-electron chi connectivity index (χ4n) is 2.45. The third kappa shape index (κ3) is 2.58. The molecule has 8 nitrogen and oxygen atoms in total. The fourth-order valence-corrected chi connectivity index (χ4v) is 2.45. The predicted molar refractivity (Wildman–Crippen MR) is 70.6 cm³/mol. The van der Waals surface area contributed by atoms with Gasteiger partial charge < -0.3 is 10.2 Å². The molecule has 0 bridgehead atoms. The summed E-state index contributed by atoms with van der Waals surface area (Å²) in [6.07, 6.45) is 3.98. The predicted octanol–water partition coefficient (Wildman–Crippen LogP) is 0.0256. The first-order valence-electron chi connectivity index (χ1n) is 6.55. The lowest BCUT2D eigenvalue weighted by atomic mass is 9.97. The summed E-state index contributed by atoms with van der Waals surface area (Å²) >= 11 is 0. The molecule has 1 aliphatic heterocycles. The number of rotatable bonds is 4. The molecule has 3 rings (SSSR count). The Morgan fingerprint density at radius 3 is 2.89 bits per heavy atom. The first-order chi connectivity index (χ1) is 9.36. The molecule has 1 fully saturated rings. The van der Waals surface area contributed by atoms with Gasteiger partial charge in [-0.2, -0.15) is 20.4 Å². The van der Waals surface area contributed by atoms with Gasteiger partial charge in [0, 0.05) is 13.1 Å². The minimum atomic E-state index is 0.654. The van der Waals surface area contributed by atoms with Crippen LogP contribution in [0.4, 0.5) is 5.95 Å². The zero-order chi connectivity index (χ0) is 13.1. The Morgan fingerprint density at radius 2 is 2.21 bits per heavy atom. The number of nitrogens with one attached hydrogen (secondary N) is 3. The van der Waals surface area contributed by atoms with Gasteiger partial charge in [-0.3, -0.25) is 5.10 Å². The van der Waals surface area contributed by atoms with Crippen LogP contribution in [-0.4, -0.2) is 57.3 Å². The molecule has 3 heterocycles. The van der Waals surface area contributed by atoms with E-state index in [-0.39, 0.29) is 0 Å². The third-order valence-corrected chi connectivity index (χ3v) is 3.52. The molecule has 8 heteroatoms. The van der Waals surface area contributed by atoms with E-state index in [1.165, 1.54) is 12.8 Å². The molecule has 0 saturated carbocycles. The number of aromatic amines is 2. The van der Waals surface area contributed by atoms with Gasteiger partial charge in [0.25, 0.3) is 0 Å². The molecule has 3 N–H and O–H groups in total. The van der Waals surface area contributed by atoms with Gasteiger partial charge in [0.2, 0.25) is 5.95 Å². The molecule has 102 valence electrons. The van der Waals surface area contributed by atoms with Gasteiger partial charge >= 0.3 is 0 Å². The average Bonchev–Trinajstić information content (AvgIpc) is 3.11. The normalized spacial score (nSPS) is 17.0. The molecule has 0 amide bonds. The van der Waals surface area contributed by atoms with E-state index in [0.29, 0.717) is 11.5 Å². The van der Waals surface area contributed by atoms with Gasteiger partial charge in [0.05, 0.1) is 6.20 Å². The summed E-state index contributed by atoms with van der Waals surface area (Å²) < 4.78 is 0. The second-order valence-electron chi connectivity index (χ2n) is 4.83. The molecular weight excluding hydrogens is 244 g/mol. The molecule has 0 aliphatic carbocycles. The van der Waals surface area contributed by atoms with E-state index >= 15 is 0 Å². The van der Waals surface area contributed by atoms with Gasteiger partial charge in [-0.15, -0.1) is 5.10 Å². The quantitative estimate of drug-likeness (QED) is 0.719. The van der Waals surface area contributed by atoms with Crippen LogP contribution >= 0.6 is 0 Å². The molecule has 2 aromatic rings. The number of hydrogen-bond donors (Lipinski definition) is 3. The number of H-pyrrole nitrogens is 2. The van der Waals surface area contributed by atoms with E-state index in [1.807, 2.05) is 7.05 Å². The van der Waals surface area contributed by atoms with E-state index in [9.17, 15) is 0 Å². The lowest BCUT2D eigenvalue weighted by molar-refractivity contribution is 0.391. The molecule has 0 unspecified atom stereocenters. The number of hydrogen-bond acceptors (Lipinski definition) is 6. The molecule has 1 saturated heterocycles. The number of piperidine rings is 1. The largest absolute Gasteiger partial charge is 0.340 e. The Bertz CT molecular complexity index is 497. The lowest BCUT2D eigenvalue weighted by Crippen LogP contribution is -2.37. The van der Waals surface area contributed by atoms with E-state index in [2.05, 4.69) is 40.8 Å². The van der Waals surface area contributed by atoms with Crippen molar-refractivity contribution in [2.24, 2.45) is 5.92 Å². The van der Waals surface area contributed by atoms with Crippen LogP contribution in [-0.2, 0) is 0 Å². The maximum atomic E-state index is 4.47. The Hall–Kier alpha value is -1.96. The highest BCUT2D eigenvalue weighted by Crippen LogP contribution is 2.21.